The monoisotopic (exact) mass is 386 g/mol. The van der Waals surface area contributed by atoms with Crippen LogP contribution in [0, 0.1) is 0 Å². The molecule has 5 heteroatoms. The Morgan fingerprint density at radius 1 is 0.893 bits per heavy atom. The predicted octanol–water partition coefficient (Wildman–Crippen LogP) is 5.03. The lowest BCUT2D eigenvalue weighted by atomic mass is 10.0. The van der Waals surface area contributed by atoms with Crippen LogP contribution in [-0.4, -0.2) is 15.8 Å². The number of hydrogen-bond donors (Lipinski definition) is 0. The molecule has 28 heavy (non-hydrogen) atoms. The fourth-order valence-corrected chi connectivity index (χ4v) is 3.31. The highest BCUT2D eigenvalue weighted by atomic mass is 35.5. The van der Waals surface area contributed by atoms with E-state index in [0.29, 0.717) is 27.4 Å². The fourth-order valence-electron chi connectivity index (χ4n) is 3.07. The molecule has 0 atom stereocenters. The van der Waals surface area contributed by atoms with Crippen molar-refractivity contribution in [3.05, 3.63) is 106 Å². The molecule has 0 amide bonds. The Hall–Kier alpha value is -3.50. The number of aromatic nitrogens is 2. The Morgan fingerprint density at radius 2 is 1.71 bits per heavy atom. The first-order chi connectivity index (χ1) is 13.7. The second kappa shape index (κ2) is 7.62. The summed E-state index contributed by atoms with van der Waals surface area (Å²) in [5.74, 6) is 0. The molecule has 0 bridgehead atoms. The van der Waals surface area contributed by atoms with Crippen molar-refractivity contribution in [3.63, 3.8) is 0 Å². The number of aldehydes is 1. The van der Waals surface area contributed by atoms with Gasteiger partial charge in [-0.3, -0.25) is 19.1 Å². The van der Waals surface area contributed by atoms with E-state index in [9.17, 15) is 9.59 Å². The summed E-state index contributed by atoms with van der Waals surface area (Å²) in [6.45, 7) is 0. The topological polar surface area (TPSA) is 52.0 Å². The Bertz CT molecular complexity index is 1220. The van der Waals surface area contributed by atoms with Crippen LogP contribution in [0.5, 0.6) is 0 Å². The molecule has 4 aromatic rings. The van der Waals surface area contributed by atoms with Crippen molar-refractivity contribution in [2.24, 2.45) is 0 Å². The number of pyridine rings is 2. The van der Waals surface area contributed by atoms with Gasteiger partial charge < -0.3 is 0 Å². The molecule has 0 saturated heterocycles. The van der Waals surface area contributed by atoms with E-state index in [1.807, 2.05) is 36.4 Å². The molecule has 0 aliphatic rings. The van der Waals surface area contributed by atoms with Crippen molar-refractivity contribution in [1.29, 1.82) is 0 Å². The van der Waals surface area contributed by atoms with E-state index < -0.39 is 0 Å². The van der Waals surface area contributed by atoms with Gasteiger partial charge in [-0.05, 0) is 36.4 Å². The maximum Gasteiger partial charge on any atom is 0.263 e. The molecule has 0 aliphatic carbocycles. The minimum Gasteiger partial charge on any atom is -0.298 e. The molecule has 2 aromatic heterocycles. The van der Waals surface area contributed by atoms with Gasteiger partial charge in [0.1, 0.15) is 6.29 Å². The summed E-state index contributed by atoms with van der Waals surface area (Å²) in [5, 5.41) is 0.492. The molecule has 136 valence electrons. The zero-order valence-corrected chi connectivity index (χ0v) is 15.5. The molecule has 2 aromatic carbocycles. The lowest BCUT2D eigenvalue weighted by Gasteiger charge is -2.13. The first-order valence-corrected chi connectivity index (χ1v) is 9.04. The summed E-state index contributed by atoms with van der Waals surface area (Å²) < 4.78 is 1.52. The largest absolute Gasteiger partial charge is 0.298 e. The van der Waals surface area contributed by atoms with Crippen molar-refractivity contribution < 1.29 is 4.79 Å². The summed E-state index contributed by atoms with van der Waals surface area (Å²) >= 11 is 6.37. The standard InChI is InChI=1S/C23H15ClN2O2/c24-21-9-2-1-8-19(21)20-13-17(22-10-3-4-11-25-22)14-26(23(20)28)18-7-5-6-16(12-18)15-27/h1-15H. The average Bonchev–Trinajstić information content (AvgIpc) is 2.75. The molecule has 0 fully saturated rings. The number of carbonyl (C=O) groups is 1. The van der Waals surface area contributed by atoms with Crippen molar-refractivity contribution in [2.45, 2.75) is 0 Å². The summed E-state index contributed by atoms with van der Waals surface area (Å²) in [4.78, 5) is 28.9. The minimum absolute atomic E-state index is 0.226. The van der Waals surface area contributed by atoms with E-state index in [1.54, 1.807) is 48.8 Å². The van der Waals surface area contributed by atoms with Gasteiger partial charge in [0.25, 0.3) is 5.56 Å². The van der Waals surface area contributed by atoms with E-state index in [2.05, 4.69) is 4.98 Å². The van der Waals surface area contributed by atoms with Gasteiger partial charge in [0, 0.05) is 45.4 Å². The maximum atomic E-state index is 13.3. The first kappa shape index (κ1) is 17.9. The average molecular weight is 387 g/mol. The lowest BCUT2D eigenvalue weighted by Crippen LogP contribution is -2.20. The van der Waals surface area contributed by atoms with E-state index in [1.165, 1.54) is 4.57 Å². The number of benzene rings is 2. The molecular formula is C23H15ClN2O2. The number of halogens is 1. The Kier molecular flexibility index (Phi) is 4.87. The van der Waals surface area contributed by atoms with Gasteiger partial charge in [-0.1, -0.05) is 48.0 Å². The van der Waals surface area contributed by atoms with Crippen LogP contribution in [0.15, 0.2) is 90.0 Å². The van der Waals surface area contributed by atoms with E-state index in [0.717, 1.165) is 17.5 Å². The van der Waals surface area contributed by atoms with Crippen LogP contribution in [0.4, 0.5) is 0 Å². The van der Waals surface area contributed by atoms with Crippen molar-refractivity contribution in [2.75, 3.05) is 0 Å². The van der Waals surface area contributed by atoms with Gasteiger partial charge in [-0.25, -0.2) is 0 Å². The van der Waals surface area contributed by atoms with Gasteiger partial charge in [-0.15, -0.1) is 0 Å². The highest BCUT2D eigenvalue weighted by molar-refractivity contribution is 6.33. The van der Waals surface area contributed by atoms with E-state index in [4.69, 9.17) is 11.6 Å². The number of carbonyl (C=O) groups excluding carboxylic acids is 1. The highest BCUT2D eigenvalue weighted by Gasteiger charge is 2.14. The molecule has 2 heterocycles. The number of hydrogen-bond acceptors (Lipinski definition) is 3. The molecule has 0 N–H and O–H groups in total. The minimum atomic E-state index is -0.226. The van der Waals surface area contributed by atoms with Crippen LogP contribution in [0.1, 0.15) is 10.4 Å². The quantitative estimate of drug-likeness (QED) is 0.462. The normalized spacial score (nSPS) is 10.6. The van der Waals surface area contributed by atoms with Gasteiger partial charge in [0.2, 0.25) is 0 Å². The molecule has 4 rings (SSSR count). The van der Waals surface area contributed by atoms with Crippen LogP contribution in [0.25, 0.3) is 28.1 Å². The van der Waals surface area contributed by atoms with Gasteiger partial charge in [-0.2, -0.15) is 0 Å². The maximum absolute atomic E-state index is 13.3. The molecule has 0 radical (unpaired) electrons. The lowest BCUT2D eigenvalue weighted by molar-refractivity contribution is 0.112. The summed E-state index contributed by atoms with van der Waals surface area (Å²) in [6.07, 6.45) is 4.19. The summed E-state index contributed by atoms with van der Waals surface area (Å²) in [7, 11) is 0. The van der Waals surface area contributed by atoms with Crippen LogP contribution >= 0.6 is 11.6 Å². The van der Waals surface area contributed by atoms with Crippen LogP contribution < -0.4 is 5.56 Å². The van der Waals surface area contributed by atoms with Crippen molar-refractivity contribution >= 4 is 17.9 Å². The molecule has 0 unspecified atom stereocenters. The van der Waals surface area contributed by atoms with Gasteiger partial charge in [0.05, 0.1) is 5.69 Å². The van der Waals surface area contributed by atoms with Crippen molar-refractivity contribution in [3.8, 4) is 28.1 Å². The third-order valence-corrected chi connectivity index (χ3v) is 4.76. The zero-order valence-electron chi connectivity index (χ0n) is 14.7. The number of nitrogens with zero attached hydrogens (tertiary/aromatic N) is 2. The summed E-state index contributed by atoms with van der Waals surface area (Å²) in [6, 6.07) is 21.5. The van der Waals surface area contributed by atoms with E-state index in [-0.39, 0.29) is 5.56 Å². The number of rotatable bonds is 4. The van der Waals surface area contributed by atoms with E-state index >= 15 is 0 Å². The third kappa shape index (κ3) is 3.38. The second-order valence-electron chi connectivity index (χ2n) is 6.23. The molecule has 0 spiro atoms. The molecular weight excluding hydrogens is 372 g/mol. The molecule has 0 saturated carbocycles. The highest BCUT2D eigenvalue weighted by Crippen LogP contribution is 2.28. The molecule has 4 nitrogen and oxygen atoms in total. The summed E-state index contributed by atoms with van der Waals surface area (Å²) in [5.41, 5.74) is 3.48. The van der Waals surface area contributed by atoms with Crippen LogP contribution in [0.2, 0.25) is 5.02 Å². The Labute approximate surface area is 166 Å². The van der Waals surface area contributed by atoms with Gasteiger partial charge in [0.15, 0.2) is 0 Å². The molecule has 0 aliphatic heterocycles. The Balaban J connectivity index is 2.03. The predicted molar refractivity (Wildman–Crippen MR) is 111 cm³/mol. The Morgan fingerprint density at radius 3 is 2.46 bits per heavy atom. The first-order valence-electron chi connectivity index (χ1n) is 8.66. The third-order valence-electron chi connectivity index (χ3n) is 4.43. The van der Waals surface area contributed by atoms with Crippen LogP contribution in [-0.2, 0) is 0 Å². The SMILES string of the molecule is O=Cc1cccc(-n2cc(-c3ccccn3)cc(-c3ccccc3Cl)c2=O)c1. The second-order valence-corrected chi connectivity index (χ2v) is 6.63. The van der Waals surface area contributed by atoms with Gasteiger partial charge >= 0.3 is 0 Å². The zero-order chi connectivity index (χ0) is 19.5. The van der Waals surface area contributed by atoms with Crippen molar-refractivity contribution in [1.82, 2.24) is 9.55 Å². The fraction of sp³-hybridized carbons (Fsp3) is 0. The van der Waals surface area contributed by atoms with Crippen LogP contribution in [0.3, 0.4) is 0 Å². The smallest absolute Gasteiger partial charge is 0.263 e.